The van der Waals surface area contributed by atoms with Gasteiger partial charge in [-0.2, -0.15) is 0 Å². The van der Waals surface area contributed by atoms with Crippen LogP contribution in [0.4, 0.5) is 0 Å². The molecule has 2 aliphatic rings. The van der Waals surface area contributed by atoms with Gasteiger partial charge in [-0.25, -0.2) is 8.42 Å². The summed E-state index contributed by atoms with van der Waals surface area (Å²) in [6, 6.07) is 0. The van der Waals surface area contributed by atoms with E-state index in [1.54, 1.807) is 5.57 Å². The van der Waals surface area contributed by atoms with E-state index < -0.39 is 9.84 Å². The fourth-order valence-corrected chi connectivity index (χ4v) is 4.37. The Bertz CT molecular complexity index is 535. The lowest BCUT2D eigenvalue weighted by Gasteiger charge is -2.25. The number of halogens is 1. The van der Waals surface area contributed by atoms with Crippen LogP contribution in [0.5, 0.6) is 0 Å². The van der Waals surface area contributed by atoms with Gasteiger partial charge in [-0.1, -0.05) is 11.6 Å². The van der Waals surface area contributed by atoms with Crippen molar-refractivity contribution >= 4 is 39.8 Å². The first-order chi connectivity index (χ1) is 11.6. The van der Waals surface area contributed by atoms with E-state index in [-0.39, 0.29) is 35.5 Å². The fourth-order valence-electron chi connectivity index (χ4n) is 3.09. The highest BCUT2D eigenvalue weighted by atomic mass is 127. The molecule has 0 aromatic heterocycles. The summed E-state index contributed by atoms with van der Waals surface area (Å²) < 4.78 is 22.9. The van der Waals surface area contributed by atoms with Gasteiger partial charge < -0.3 is 10.6 Å². The molecule has 0 spiro atoms. The van der Waals surface area contributed by atoms with E-state index in [0.717, 1.165) is 32.0 Å². The Balaban J connectivity index is 0.00000312. The smallest absolute Gasteiger partial charge is 0.191 e. The summed E-state index contributed by atoms with van der Waals surface area (Å²) in [5.74, 6) is 1.42. The number of nitrogens with one attached hydrogen (secondary N) is 2. The van der Waals surface area contributed by atoms with Crippen LogP contribution in [-0.4, -0.2) is 70.1 Å². The normalized spacial score (nSPS) is 21.2. The van der Waals surface area contributed by atoms with Gasteiger partial charge in [0.2, 0.25) is 0 Å². The van der Waals surface area contributed by atoms with Crippen LogP contribution >= 0.6 is 24.0 Å². The van der Waals surface area contributed by atoms with Crippen molar-refractivity contribution in [1.29, 1.82) is 0 Å². The SMILES string of the molecule is CCNC(=NCCN1CCS(=O)(=O)CC1)NCCC1=CCCCC1.I. The topological polar surface area (TPSA) is 73.8 Å². The van der Waals surface area contributed by atoms with E-state index in [9.17, 15) is 8.42 Å². The van der Waals surface area contributed by atoms with Gasteiger partial charge in [0.05, 0.1) is 18.1 Å². The Labute approximate surface area is 169 Å². The van der Waals surface area contributed by atoms with E-state index in [4.69, 9.17) is 0 Å². The standard InChI is InChI=1S/C17H32N4O2S.HI/c1-2-18-17(19-9-8-16-6-4-3-5-7-16)20-10-11-21-12-14-24(22,23)15-13-21;/h6H,2-5,7-15H2,1H3,(H2,18,19,20);1H. The minimum Gasteiger partial charge on any atom is -0.357 e. The maximum absolute atomic E-state index is 11.4. The lowest BCUT2D eigenvalue weighted by atomic mass is 9.97. The first-order valence-electron chi connectivity index (χ1n) is 9.22. The van der Waals surface area contributed by atoms with Crippen LogP contribution < -0.4 is 10.6 Å². The van der Waals surface area contributed by atoms with E-state index in [1.807, 2.05) is 0 Å². The predicted octanol–water partition coefficient (Wildman–Crippen LogP) is 1.78. The molecule has 0 unspecified atom stereocenters. The highest BCUT2D eigenvalue weighted by Crippen LogP contribution is 2.19. The summed E-state index contributed by atoms with van der Waals surface area (Å²) in [6.45, 7) is 6.60. The molecule has 2 N–H and O–H groups in total. The Morgan fingerprint density at radius 1 is 1.24 bits per heavy atom. The van der Waals surface area contributed by atoms with Gasteiger partial charge in [0.1, 0.15) is 0 Å². The maximum atomic E-state index is 11.4. The third kappa shape index (κ3) is 9.23. The minimum atomic E-state index is -2.80. The molecule has 6 nitrogen and oxygen atoms in total. The van der Waals surface area contributed by atoms with Crippen LogP contribution in [0.25, 0.3) is 0 Å². The molecule has 1 saturated heterocycles. The molecule has 1 aliphatic carbocycles. The second-order valence-electron chi connectivity index (χ2n) is 6.54. The molecule has 146 valence electrons. The number of nitrogens with zero attached hydrogens (tertiary/aromatic N) is 2. The van der Waals surface area contributed by atoms with Crippen molar-refractivity contribution in [3.05, 3.63) is 11.6 Å². The third-order valence-electron chi connectivity index (χ3n) is 4.59. The van der Waals surface area contributed by atoms with Gasteiger partial charge in [0, 0.05) is 32.7 Å². The zero-order chi connectivity index (χ0) is 17.3. The number of aliphatic imine (C=N–C) groups is 1. The maximum Gasteiger partial charge on any atom is 0.191 e. The molecule has 1 aliphatic heterocycles. The van der Waals surface area contributed by atoms with Crippen LogP contribution in [-0.2, 0) is 9.84 Å². The second kappa shape index (κ2) is 12.1. The quantitative estimate of drug-likeness (QED) is 0.250. The monoisotopic (exact) mass is 484 g/mol. The highest BCUT2D eigenvalue weighted by molar-refractivity contribution is 14.0. The second-order valence-corrected chi connectivity index (χ2v) is 8.84. The number of allylic oxidation sites excluding steroid dienone is 1. The van der Waals surface area contributed by atoms with Crippen LogP contribution in [0.3, 0.4) is 0 Å². The van der Waals surface area contributed by atoms with Gasteiger partial charge in [0.15, 0.2) is 15.8 Å². The molecule has 0 amide bonds. The summed E-state index contributed by atoms with van der Waals surface area (Å²) in [5.41, 5.74) is 1.57. The lowest BCUT2D eigenvalue weighted by Crippen LogP contribution is -2.42. The largest absolute Gasteiger partial charge is 0.357 e. The summed E-state index contributed by atoms with van der Waals surface area (Å²) in [5, 5.41) is 6.68. The fraction of sp³-hybridized carbons (Fsp3) is 0.824. The molecule has 1 fully saturated rings. The molecule has 0 atom stereocenters. The van der Waals surface area contributed by atoms with Crippen molar-refractivity contribution in [3.63, 3.8) is 0 Å². The summed E-state index contributed by atoms with van der Waals surface area (Å²) in [4.78, 5) is 6.79. The van der Waals surface area contributed by atoms with Crippen molar-refractivity contribution in [2.75, 3.05) is 50.8 Å². The van der Waals surface area contributed by atoms with Crippen molar-refractivity contribution in [3.8, 4) is 0 Å². The van der Waals surface area contributed by atoms with E-state index in [2.05, 4.69) is 33.5 Å². The van der Waals surface area contributed by atoms with Crippen molar-refractivity contribution < 1.29 is 8.42 Å². The number of hydrogen-bond acceptors (Lipinski definition) is 4. The van der Waals surface area contributed by atoms with Crippen molar-refractivity contribution in [2.24, 2.45) is 4.99 Å². The van der Waals surface area contributed by atoms with E-state index in [1.165, 1.54) is 25.7 Å². The van der Waals surface area contributed by atoms with Gasteiger partial charge >= 0.3 is 0 Å². The van der Waals surface area contributed by atoms with E-state index in [0.29, 0.717) is 19.6 Å². The molecule has 1 heterocycles. The molecule has 0 aromatic carbocycles. The van der Waals surface area contributed by atoms with Gasteiger partial charge in [-0.3, -0.25) is 9.89 Å². The Morgan fingerprint density at radius 3 is 2.64 bits per heavy atom. The summed E-state index contributed by atoms with van der Waals surface area (Å²) >= 11 is 0. The molecular weight excluding hydrogens is 451 g/mol. The summed E-state index contributed by atoms with van der Waals surface area (Å²) in [6.07, 6.45) is 8.61. The van der Waals surface area contributed by atoms with Crippen molar-refractivity contribution in [1.82, 2.24) is 15.5 Å². The Kier molecular flexibility index (Phi) is 11.0. The lowest BCUT2D eigenvalue weighted by molar-refractivity contribution is 0.304. The van der Waals surface area contributed by atoms with Crippen LogP contribution in [0.2, 0.25) is 0 Å². The molecule has 0 bridgehead atoms. The molecular formula is C17H33IN4O2S. The Hall–Kier alpha value is -0.350. The number of hydrogen-bond donors (Lipinski definition) is 2. The van der Waals surface area contributed by atoms with Crippen molar-refractivity contribution in [2.45, 2.75) is 39.0 Å². The average molecular weight is 484 g/mol. The van der Waals surface area contributed by atoms with Crippen LogP contribution in [0.15, 0.2) is 16.6 Å². The minimum absolute atomic E-state index is 0. The Morgan fingerprint density at radius 2 is 2.00 bits per heavy atom. The predicted molar refractivity (Wildman–Crippen MR) is 116 cm³/mol. The zero-order valence-corrected chi connectivity index (χ0v) is 18.4. The molecule has 2 rings (SSSR count). The first kappa shape index (κ1) is 22.7. The summed E-state index contributed by atoms with van der Waals surface area (Å²) in [7, 11) is -2.80. The first-order valence-corrected chi connectivity index (χ1v) is 11.0. The van der Waals surface area contributed by atoms with Gasteiger partial charge in [0.25, 0.3) is 0 Å². The highest BCUT2D eigenvalue weighted by Gasteiger charge is 2.20. The third-order valence-corrected chi connectivity index (χ3v) is 6.20. The number of rotatable bonds is 7. The zero-order valence-electron chi connectivity index (χ0n) is 15.3. The molecule has 25 heavy (non-hydrogen) atoms. The molecule has 8 heteroatoms. The van der Waals surface area contributed by atoms with E-state index >= 15 is 0 Å². The molecule has 0 radical (unpaired) electrons. The molecule has 0 saturated carbocycles. The van der Waals surface area contributed by atoms with Crippen LogP contribution in [0, 0.1) is 0 Å². The average Bonchev–Trinajstić information content (AvgIpc) is 2.57. The van der Waals surface area contributed by atoms with Gasteiger partial charge in [-0.15, -0.1) is 24.0 Å². The van der Waals surface area contributed by atoms with Crippen LogP contribution in [0.1, 0.15) is 39.0 Å². The molecule has 0 aromatic rings. The number of sulfone groups is 1. The number of guanidine groups is 1. The van der Waals surface area contributed by atoms with Gasteiger partial charge in [-0.05, 0) is 39.0 Å².